The highest BCUT2D eigenvalue weighted by Gasteiger charge is 2.76. The molecule has 0 aromatic rings. The number of carbonyl (C=O) groups is 2. The van der Waals surface area contributed by atoms with Crippen molar-refractivity contribution in [2.24, 2.45) is 11.8 Å². The van der Waals surface area contributed by atoms with Crippen molar-refractivity contribution >= 4 is 11.9 Å². The van der Waals surface area contributed by atoms with Crippen LogP contribution in [0.5, 0.6) is 0 Å². The molecule has 7 nitrogen and oxygen atoms in total. The van der Waals surface area contributed by atoms with Crippen molar-refractivity contribution < 1.29 is 60.0 Å². The van der Waals surface area contributed by atoms with Crippen LogP contribution in [0.1, 0.15) is 40.5 Å². The van der Waals surface area contributed by atoms with Crippen molar-refractivity contribution in [3.05, 3.63) is 12.2 Å². The molecule has 0 aromatic carbocycles. The number of carbonyl (C=O) groups excluding carboxylic acids is 2. The fourth-order valence-corrected chi connectivity index (χ4v) is 5.34. The Labute approximate surface area is 191 Å². The third kappa shape index (κ3) is 3.70. The normalized spacial score (nSPS) is 32.0. The van der Waals surface area contributed by atoms with Gasteiger partial charge in [-0.25, -0.2) is 4.79 Å². The zero-order chi connectivity index (χ0) is 26.0. The van der Waals surface area contributed by atoms with Gasteiger partial charge in [0.2, 0.25) is 0 Å². The van der Waals surface area contributed by atoms with Gasteiger partial charge in [-0.2, -0.15) is 26.3 Å². The third-order valence-corrected chi connectivity index (χ3v) is 7.17. The van der Waals surface area contributed by atoms with Gasteiger partial charge < -0.3 is 24.1 Å². The molecule has 0 aromatic heterocycles. The Morgan fingerprint density at radius 1 is 1.09 bits per heavy atom. The largest absolute Gasteiger partial charge is 0.455 e. The Hall–Kier alpha value is -1.86. The molecule has 7 atom stereocenters. The monoisotopic (exact) mass is 504 g/mol. The predicted octanol–water partition coefficient (Wildman–Crippen LogP) is 3.23. The summed E-state index contributed by atoms with van der Waals surface area (Å²) in [4.78, 5) is 24.7. The van der Waals surface area contributed by atoms with Crippen LogP contribution >= 0.6 is 0 Å². The number of alkyl halides is 6. The summed E-state index contributed by atoms with van der Waals surface area (Å²) >= 11 is 0. The van der Waals surface area contributed by atoms with Crippen molar-refractivity contribution in [2.45, 2.75) is 94.6 Å². The molecule has 3 saturated heterocycles. The molecule has 3 aliphatic heterocycles. The van der Waals surface area contributed by atoms with Crippen LogP contribution in [-0.4, -0.2) is 71.1 Å². The van der Waals surface area contributed by atoms with Crippen LogP contribution in [0.25, 0.3) is 0 Å². The van der Waals surface area contributed by atoms with E-state index in [2.05, 4.69) is 6.58 Å². The summed E-state index contributed by atoms with van der Waals surface area (Å²) in [5.74, 6) is -3.75. The minimum Gasteiger partial charge on any atom is -0.455 e. The van der Waals surface area contributed by atoms with Crippen LogP contribution in [0.2, 0.25) is 0 Å². The van der Waals surface area contributed by atoms with Crippen LogP contribution in [0.15, 0.2) is 12.2 Å². The second-order valence-electron chi connectivity index (χ2n) is 8.96. The number of hydrogen-bond acceptors (Lipinski definition) is 7. The summed E-state index contributed by atoms with van der Waals surface area (Å²) < 4.78 is 103. The van der Waals surface area contributed by atoms with Gasteiger partial charge in [-0.1, -0.05) is 20.4 Å². The summed E-state index contributed by atoms with van der Waals surface area (Å²) in [6.45, 7) is 8.24. The second kappa shape index (κ2) is 8.37. The van der Waals surface area contributed by atoms with Gasteiger partial charge in [-0.05, 0) is 26.7 Å². The molecule has 1 N–H and O–H groups in total. The van der Waals surface area contributed by atoms with Crippen molar-refractivity contribution in [3.8, 4) is 0 Å². The average Bonchev–Trinajstić information content (AvgIpc) is 3.33. The fraction of sp³-hybridized carbons (Fsp3) is 0.810. The smallest absolute Gasteiger partial charge is 0.428 e. The molecule has 3 fully saturated rings. The molecule has 3 aliphatic rings. The summed E-state index contributed by atoms with van der Waals surface area (Å²) in [6.07, 6.45) is -19.4. The van der Waals surface area contributed by atoms with Gasteiger partial charge in [0.25, 0.3) is 5.60 Å². The van der Waals surface area contributed by atoms with E-state index in [0.29, 0.717) is 6.92 Å². The molecule has 0 radical (unpaired) electrons. The minimum absolute atomic E-state index is 0.0303. The number of fused-ring (bicyclic) bond motifs is 1. The van der Waals surface area contributed by atoms with Gasteiger partial charge >= 0.3 is 24.3 Å². The molecule has 2 bridgehead atoms. The molecule has 0 aliphatic carbocycles. The van der Waals surface area contributed by atoms with E-state index >= 15 is 0 Å². The standard InChI is InChI=1S/C21H26F6O7/c1-6-18(7-2,34-9(5)19(30,20(22,23)24)21(25,26)27)11-10-12-14(33-17(10)29)15(13(11)31-12)32-16(28)8(3)4/h9-15,30H,3,6-7H2,1-2,4-5H3. The lowest BCUT2D eigenvalue weighted by molar-refractivity contribution is -0.401. The molecule has 34 heavy (non-hydrogen) atoms. The Morgan fingerprint density at radius 3 is 2.06 bits per heavy atom. The van der Waals surface area contributed by atoms with E-state index in [1.807, 2.05) is 0 Å². The Kier molecular flexibility index (Phi) is 6.58. The molecule has 13 heteroatoms. The van der Waals surface area contributed by atoms with Crippen molar-refractivity contribution in [3.63, 3.8) is 0 Å². The van der Waals surface area contributed by atoms with Crippen LogP contribution in [-0.2, 0) is 28.5 Å². The van der Waals surface area contributed by atoms with E-state index in [0.717, 1.165) is 0 Å². The number of hydrogen-bond donors (Lipinski definition) is 1. The van der Waals surface area contributed by atoms with Crippen LogP contribution in [0, 0.1) is 11.8 Å². The highest BCUT2D eigenvalue weighted by atomic mass is 19.4. The molecule has 194 valence electrons. The molecule has 0 saturated carbocycles. The maximum absolute atomic E-state index is 13.4. The van der Waals surface area contributed by atoms with Crippen LogP contribution in [0.3, 0.4) is 0 Å². The highest BCUT2D eigenvalue weighted by molar-refractivity contribution is 5.87. The van der Waals surface area contributed by atoms with E-state index in [4.69, 9.17) is 18.9 Å². The second-order valence-corrected chi connectivity index (χ2v) is 8.96. The third-order valence-electron chi connectivity index (χ3n) is 7.17. The van der Waals surface area contributed by atoms with E-state index in [1.165, 1.54) is 20.8 Å². The van der Waals surface area contributed by atoms with Gasteiger partial charge in [0, 0.05) is 11.5 Å². The first-order chi connectivity index (χ1) is 15.5. The fourth-order valence-electron chi connectivity index (χ4n) is 5.34. The van der Waals surface area contributed by atoms with Gasteiger partial charge in [0.1, 0.15) is 18.3 Å². The number of halogens is 6. The number of aliphatic hydroxyl groups is 1. The van der Waals surface area contributed by atoms with Crippen LogP contribution in [0.4, 0.5) is 26.3 Å². The minimum atomic E-state index is -6.10. The van der Waals surface area contributed by atoms with Gasteiger partial charge in [-0.3, -0.25) is 4.79 Å². The van der Waals surface area contributed by atoms with E-state index in [-0.39, 0.29) is 18.4 Å². The predicted molar refractivity (Wildman–Crippen MR) is 101 cm³/mol. The quantitative estimate of drug-likeness (QED) is 0.308. The molecular weight excluding hydrogens is 478 g/mol. The lowest BCUT2D eigenvalue weighted by Gasteiger charge is -2.47. The zero-order valence-corrected chi connectivity index (χ0v) is 18.8. The topological polar surface area (TPSA) is 91.3 Å². The molecule has 3 heterocycles. The molecule has 3 rings (SSSR count). The zero-order valence-electron chi connectivity index (χ0n) is 18.8. The average molecular weight is 504 g/mol. The Morgan fingerprint density at radius 2 is 1.62 bits per heavy atom. The first-order valence-electron chi connectivity index (χ1n) is 10.7. The van der Waals surface area contributed by atoms with Gasteiger partial charge in [0.15, 0.2) is 12.2 Å². The van der Waals surface area contributed by atoms with E-state index < -0.39 is 77.8 Å². The lowest BCUT2D eigenvalue weighted by Crippen LogP contribution is -2.66. The maximum Gasteiger partial charge on any atom is 0.428 e. The molecular formula is C21H26F6O7. The van der Waals surface area contributed by atoms with E-state index in [9.17, 15) is 41.0 Å². The lowest BCUT2D eigenvalue weighted by atomic mass is 9.67. The molecule has 0 amide bonds. The van der Waals surface area contributed by atoms with E-state index in [1.54, 1.807) is 0 Å². The van der Waals surface area contributed by atoms with Crippen molar-refractivity contribution in [1.29, 1.82) is 0 Å². The Balaban J connectivity index is 2.01. The van der Waals surface area contributed by atoms with Gasteiger partial charge in [-0.15, -0.1) is 0 Å². The number of ether oxygens (including phenoxy) is 4. The summed E-state index contributed by atoms with van der Waals surface area (Å²) in [5.41, 5.74) is -6.92. The van der Waals surface area contributed by atoms with Crippen molar-refractivity contribution in [1.82, 2.24) is 0 Å². The summed E-state index contributed by atoms with van der Waals surface area (Å²) in [6, 6.07) is 0. The maximum atomic E-state index is 13.4. The Bertz CT molecular complexity index is 836. The first kappa shape index (κ1) is 26.7. The molecule has 7 unspecified atom stereocenters. The highest BCUT2D eigenvalue weighted by Crippen LogP contribution is 2.58. The number of esters is 2. The molecule has 0 spiro atoms. The summed E-state index contributed by atoms with van der Waals surface area (Å²) in [5, 5.41) is 9.82. The first-order valence-corrected chi connectivity index (χ1v) is 10.7. The van der Waals surface area contributed by atoms with Crippen LogP contribution < -0.4 is 0 Å². The SMILES string of the molecule is C=C(C)C(=O)OC1C2OC(=O)C3C2OC1C3C(CC)(CC)OC(C)C(O)(C(F)(F)F)C(F)(F)F. The van der Waals surface area contributed by atoms with Gasteiger partial charge in [0.05, 0.1) is 11.5 Å². The number of rotatable bonds is 8. The summed E-state index contributed by atoms with van der Waals surface area (Å²) in [7, 11) is 0. The van der Waals surface area contributed by atoms with Crippen molar-refractivity contribution in [2.75, 3.05) is 0 Å².